The van der Waals surface area contributed by atoms with Gasteiger partial charge in [-0.1, -0.05) is 33.1 Å². The van der Waals surface area contributed by atoms with Crippen LogP contribution in [0, 0.1) is 5.41 Å². The van der Waals surface area contributed by atoms with Crippen LogP contribution in [0.5, 0.6) is 0 Å². The molecule has 1 unspecified atom stereocenters. The summed E-state index contributed by atoms with van der Waals surface area (Å²) in [5.74, 6) is 0. The molecule has 0 saturated heterocycles. The van der Waals surface area contributed by atoms with Crippen molar-refractivity contribution >= 4 is 17.3 Å². The van der Waals surface area contributed by atoms with Crippen molar-refractivity contribution in [1.29, 1.82) is 0 Å². The Balaban J connectivity index is 1.68. The summed E-state index contributed by atoms with van der Waals surface area (Å²) in [5.41, 5.74) is 0.457. The fourth-order valence-electron chi connectivity index (χ4n) is 2.35. The molecule has 2 N–H and O–H groups in total. The molecule has 2 saturated carbocycles. The molecule has 0 heterocycles. The first-order chi connectivity index (χ1) is 7.08. The molecule has 0 amide bonds. The molecule has 86 valence electrons. The lowest BCUT2D eigenvalue weighted by atomic mass is 9.96. The zero-order valence-corrected chi connectivity index (χ0v) is 10.6. The van der Waals surface area contributed by atoms with E-state index in [1.807, 2.05) is 0 Å². The van der Waals surface area contributed by atoms with Crippen LogP contribution in [0.15, 0.2) is 0 Å². The standard InChI is InChI=1S/C12H22N2S/c1-12(2)8-10(12)14-11(15)13-9-6-4-3-5-7-9/h9-10H,3-8H2,1-2H3,(H2,13,14,15). The molecule has 15 heavy (non-hydrogen) atoms. The van der Waals surface area contributed by atoms with Gasteiger partial charge in [-0.2, -0.15) is 0 Å². The summed E-state index contributed by atoms with van der Waals surface area (Å²) in [6.07, 6.45) is 7.93. The van der Waals surface area contributed by atoms with Crippen LogP contribution in [-0.2, 0) is 0 Å². The molecule has 0 aliphatic heterocycles. The van der Waals surface area contributed by atoms with E-state index >= 15 is 0 Å². The van der Waals surface area contributed by atoms with Crippen molar-refractivity contribution in [3.05, 3.63) is 0 Å². The van der Waals surface area contributed by atoms with Crippen LogP contribution in [0.4, 0.5) is 0 Å². The lowest BCUT2D eigenvalue weighted by molar-refractivity contribution is 0.411. The molecule has 0 spiro atoms. The van der Waals surface area contributed by atoms with E-state index in [1.165, 1.54) is 38.5 Å². The van der Waals surface area contributed by atoms with Crippen molar-refractivity contribution in [2.75, 3.05) is 0 Å². The third-order valence-electron chi connectivity index (χ3n) is 3.76. The summed E-state index contributed by atoms with van der Waals surface area (Å²) in [4.78, 5) is 0. The van der Waals surface area contributed by atoms with Gasteiger partial charge in [-0.05, 0) is 36.9 Å². The van der Waals surface area contributed by atoms with Crippen LogP contribution in [0.2, 0.25) is 0 Å². The second-order valence-electron chi connectivity index (χ2n) is 5.70. The molecule has 2 aliphatic rings. The second kappa shape index (κ2) is 4.28. The van der Waals surface area contributed by atoms with Crippen molar-refractivity contribution in [2.45, 2.75) is 64.5 Å². The molecular formula is C12H22N2S. The summed E-state index contributed by atoms with van der Waals surface area (Å²) in [5, 5.41) is 7.73. The smallest absolute Gasteiger partial charge is 0.166 e. The maximum absolute atomic E-state index is 5.33. The van der Waals surface area contributed by atoms with E-state index in [2.05, 4.69) is 24.5 Å². The van der Waals surface area contributed by atoms with Crippen molar-refractivity contribution in [3.8, 4) is 0 Å². The Labute approximate surface area is 98.2 Å². The molecule has 0 aromatic carbocycles. The first-order valence-electron chi connectivity index (χ1n) is 6.15. The van der Waals surface area contributed by atoms with Crippen molar-refractivity contribution in [2.24, 2.45) is 5.41 Å². The van der Waals surface area contributed by atoms with E-state index in [-0.39, 0.29) is 0 Å². The van der Waals surface area contributed by atoms with Gasteiger partial charge in [0.25, 0.3) is 0 Å². The minimum absolute atomic E-state index is 0.457. The summed E-state index contributed by atoms with van der Waals surface area (Å²) in [6.45, 7) is 4.57. The predicted octanol–water partition coefficient (Wildman–Crippen LogP) is 2.58. The van der Waals surface area contributed by atoms with Gasteiger partial charge in [0, 0.05) is 12.1 Å². The largest absolute Gasteiger partial charge is 0.360 e. The van der Waals surface area contributed by atoms with Crippen LogP contribution in [-0.4, -0.2) is 17.2 Å². The first kappa shape index (κ1) is 11.2. The number of hydrogen-bond acceptors (Lipinski definition) is 1. The number of rotatable bonds is 2. The highest BCUT2D eigenvalue weighted by molar-refractivity contribution is 7.80. The van der Waals surface area contributed by atoms with Crippen LogP contribution in [0.1, 0.15) is 52.4 Å². The Morgan fingerprint density at radius 2 is 1.73 bits per heavy atom. The Bertz CT molecular complexity index is 244. The number of nitrogens with one attached hydrogen (secondary N) is 2. The van der Waals surface area contributed by atoms with Crippen molar-refractivity contribution in [1.82, 2.24) is 10.6 Å². The van der Waals surface area contributed by atoms with Gasteiger partial charge in [0.1, 0.15) is 0 Å². The first-order valence-corrected chi connectivity index (χ1v) is 6.56. The van der Waals surface area contributed by atoms with Gasteiger partial charge >= 0.3 is 0 Å². The lowest BCUT2D eigenvalue weighted by Crippen LogP contribution is -2.44. The van der Waals surface area contributed by atoms with Crippen molar-refractivity contribution in [3.63, 3.8) is 0 Å². The molecule has 0 aromatic heterocycles. The fraction of sp³-hybridized carbons (Fsp3) is 0.917. The Hall–Kier alpha value is -0.310. The van der Waals surface area contributed by atoms with Gasteiger partial charge in [0.15, 0.2) is 5.11 Å². The molecule has 3 heteroatoms. The molecule has 2 rings (SSSR count). The summed E-state index contributed by atoms with van der Waals surface area (Å²) >= 11 is 5.33. The van der Waals surface area contributed by atoms with Gasteiger partial charge in [0.05, 0.1) is 0 Å². The van der Waals surface area contributed by atoms with E-state index in [4.69, 9.17) is 12.2 Å². The van der Waals surface area contributed by atoms with Gasteiger partial charge in [-0.25, -0.2) is 0 Å². The Morgan fingerprint density at radius 3 is 2.27 bits per heavy atom. The highest BCUT2D eigenvalue weighted by atomic mass is 32.1. The van der Waals surface area contributed by atoms with Gasteiger partial charge in [-0.3, -0.25) is 0 Å². The molecule has 2 fully saturated rings. The molecule has 1 atom stereocenters. The number of hydrogen-bond donors (Lipinski definition) is 2. The zero-order chi connectivity index (χ0) is 10.9. The van der Waals surface area contributed by atoms with E-state index < -0.39 is 0 Å². The topological polar surface area (TPSA) is 24.1 Å². The third kappa shape index (κ3) is 3.07. The SMILES string of the molecule is CC1(C)CC1NC(=S)NC1CCCCC1. The van der Waals surface area contributed by atoms with Crippen LogP contribution < -0.4 is 10.6 Å². The molecule has 2 aliphatic carbocycles. The summed E-state index contributed by atoms with van der Waals surface area (Å²) in [7, 11) is 0. The minimum Gasteiger partial charge on any atom is -0.360 e. The number of thiocarbonyl (C=S) groups is 1. The quantitative estimate of drug-likeness (QED) is 0.708. The van der Waals surface area contributed by atoms with Crippen LogP contribution in [0.3, 0.4) is 0 Å². The highest BCUT2D eigenvalue weighted by Gasteiger charge is 2.46. The van der Waals surface area contributed by atoms with Gasteiger partial charge in [-0.15, -0.1) is 0 Å². The fourth-order valence-corrected chi connectivity index (χ4v) is 2.65. The Morgan fingerprint density at radius 1 is 1.13 bits per heavy atom. The zero-order valence-electron chi connectivity index (χ0n) is 9.81. The molecule has 2 nitrogen and oxygen atoms in total. The normalized spacial score (nSPS) is 29.6. The minimum atomic E-state index is 0.457. The van der Waals surface area contributed by atoms with Crippen molar-refractivity contribution < 1.29 is 0 Å². The van der Waals surface area contributed by atoms with Gasteiger partial charge in [0.2, 0.25) is 0 Å². The summed E-state index contributed by atoms with van der Waals surface area (Å²) in [6, 6.07) is 1.22. The molecule has 0 radical (unpaired) electrons. The predicted molar refractivity (Wildman–Crippen MR) is 67.9 cm³/mol. The van der Waals surface area contributed by atoms with E-state index in [0.29, 0.717) is 17.5 Å². The second-order valence-corrected chi connectivity index (χ2v) is 6.11. The highest BCUT2D eigenvalue weighted by Crippen LogP contribution is 2.44. The van der Waals surface area contributed by atoms with E-state index in [9.17, 15) is 0 Å². The Kier molecular flexibility index (Phi) is 3.19. The van der Waals surface area contributed by atoms with Crippen LogP contribution in [0.25, 0.3) is 0 Å². The maximum Gasteiger partial charge on any atom is 0.166 e. The maximum atomic E-state index is 5.33. The average molecular weight is 226 g/mol. The van der Waals surface area contributed by atoms with Gasteiger partial charge < -0.3 is 10.6 Å². The molecular weight excluding hydrogens is 204 g/mol. The molecule has 0 bridgehead atoms. The average Bonchev–Trinajstić information content (AvgIpc) is 2.74. The third-order valence-corrected chi connectivity index (χ3v) is 3.99. The monoisotopic (exact) mass is 226 g/mol. The van der Waals surface area contributed by atoms with Crippen LogP contribution >= 0.6 is 12.2 Å². The van der Waals surface area contributed by atoms with E-state index in [1.54, 1.807) is 0 Å². The summed E-state index contributed by atoms with van der Waals surface area (Å²) < 4.78 is 0. The van der Waals surface area contributed by atoms with E-state index in [0.717, 1.165) is 5.11 Å². The lowest BCUT2D eigenvalue weighted by Gasteiger charge is -2.24. The molecule has 0 aromatic rings.